The van der Waals surface area contributed by atoms with Crippen LogP contribution in [-0.2, 0) is 0 Å². The highest BCUT2D eigenvalue weighted by Gasteiger charge is 2.15. The maximum atomic E-state index is 11.2. The van der Waals surface area contributed by atoms with Crippen molar-refractivity contribution in [2.45, 2.75) is 6.92 Å². The predicted octanol–water partition coefficient (Wildman–Crippen LogP) is 0.323. The fourth-order valence-corrected chi connectivity index (χ4v) is 2.30. The number of aromatic nitrogens is 3. The molecule has 1 amide bonds. The lowest BCUT2D eigenvalue weighted by molar-refractivity contribution is 0.0993. The van der Waals surface area contributed by atoms with Crippen molar-refractivity contribution in [2.24, 2.45) is 5.73 Å². The lowest BCUT2D eigenvalue weighted by Gasteiger charge is -2.04. The molecule has 0 aliphatic rings. The van der Waals surface area contributed by atoms with Crippen LogP contribution in [-0.4, -0.2) is 20.3 Å². The quantitative estimate of drug-likeness (QED) is 0.740. The van der Waals surface area contributed by atoms with Gasteiger partial charge in [0.15, 0.2) is 5.82 Å². The van der Waals surface area contributed by atoms with Crippen LogP contribution in [0.5, 0.6) is 0 Å². The summed E-state index contributed by atoms with van der Waals surface area (Å²) in [5.41, 5.74) is 11.9. The van der Waals surface area contributed by atoms with E-state index in [1.807, 2.05) is 22.6 Å². The van der Waals surface area contributed by atoms with Crippen LogP contribution in [0.15, 0.2) is 6.20 Å². The van der Waals surface area contributed by atoms with Gasteiger partial charge < -0.3 is 11.5 Å². The molecule has 2 rings (SSSR count). The number of fused-ring (bicyclic) bond motifs is 1. The van der Waals surface area contributed by atoms with Gasteiger partial charge in [-0.25, -0.2) is 9.97 Å². The maximum Gasteiger partial charge on any atom is 0.267 e. The van der Waals surface area contributed by atoms with E-state index in [9.17, 15) is 4.79 Å². The molecule has 0 bridgehead atoms. The molecule has 0 atom stereocenters. The Morgan fingerprint density at radius 1 is 1.60 bits per heavy atom. The molecular weight excluding hydrogens is 309 g/mol. The number of halogens is 1. The van der Waals surface area contributed by atoms with Crippen LogP contribution in [0.4, 0.5) is 5.82 Å². The number of rotatable bonds is 1. The number of hydrogen-bond donors (Lipinski definition) is 2. The number of nitrogens with zero attached hydrogens (tertiary/aromatic N) is 3. The van der Waals surface area contributed by atoms with Gasteiger partial charge in [-0.3, -0.25) is 9.20 Å². The van der Waals surface area contributed by atoms with Crippen molar-refractivity contribution in [1.82, 2.24) is 14.4 Å². The molecule has 2 heterocycles. The molecule has 7 heteroatoms. The summed E-state index contributed by atoms with van der Waals surface area (Å²) in [5, 5.41) is 0. The van der Waals surface area contributed by atoms with Gasteiger partial charge in [-0.2, -0.15) is 0 Å². The van der Waals surface area contributed by atoms with E-state index in [0.717, 1.165) is 0 Å². The zero-order valence-electron chi connectivity index (χ0n) is 7.86. The van der Waals surface area contributed by atoms with E-state index < -0.39 is 5.91 Å². The summed E-state index contributed by atoms with van der Waals surface area (Å²) in [7, 11) is 0. The van der Waals surface area contributed by atoms with Crippen molar-refractivity contribution in [3.05, 3.63) is 21.4 Å². The molecular formula is C8H8IN5O. The Hall–Kier alpha value is -1.38. The molecule has 15 heavy (non-hydrogen) atoms. The molecule has 0 saturated carbocycles. The number of imidazole rings is 1. The number of nitrogen functional groups attached to an aromatic ring is 1. The first-order valence-electron chi connectivity index (χ1n) is 4.11. The van der Waals surface area contributed by atoms with Gasteiger partial charge in [0.1, 0.15) is 20.7 Å². The second-order valence-electron chi connectivity index (χ2n) is 3.03. The molecule has 0 radical (unpaired) electrons. The third kappa shape index (κ3) is 1.42. The van der Waals surface area contributed by atoms with Crippen LogP contribution in [0.3, 0.4) is 0 Å². The smallest absolute Gasteiger partial charge is 0.267 e. The van der Waals surface area contributed by atoms with Crippen LogP contribution in [0, 0.1) is 10.6 Å². The van der Waals surface area contributed by atoms with E-state index in [4.69, 9.17) is 11.5 Å². The van der Waals surface area contributed by atoms with Crippen molar-refractivity contribution in [3.63, 3.8) is 0 Å². The van der Waals surface area contributed by atoms with Gasteiger partial charge in [-0.05, 0) is 29.5 Å². The standard InChI is InChI=1S/C8H8IN5O/c1-3-13-6(9)5-7(10)12-2-4(8(11)15)14(3)5/h2H,1H3,(H2,10,12)(H2,11,15). The molecule has 4 N–H and O–H groups in total. The zero-order valence-corrected chi connectivity index (χ0v) is 10.0. The second kappa shape index (κ2) is 3.33. The molecule has 2 aromatic heterocycles. The number of nitrogens with two attached hydrogens (primary N) is 2. The molecule has 0 aromatic carbocycles. The summed E-state index contributed by atoms with van der Waals surface area (Å²) in [4.78, 5) is 19.3. The summed E-state index contributed by atoms with van der Waals surface area (Å²) in [6.45, 7) is 1.78. The van der Waals surface area contributed by atoms with Crippen molar-refractivity contribution in [2.75, 3.05) is 5.73 Å². The second-order valence-corrected chi connectivity index (χ2v) is 4.05. The first kappa shape index (κ1) is 10.1. The highest BCUT2D eigenvalue weighted by atomic mass is 127. The minimum Gasteiger partial charge on any atom is -0.382 e. The number of aryl methyl sites for hydroxylation is 1. The fourth-order valence-electron chi connectivity index (χ4n) is 1.44. The number of carbonyl (C=O) groups excluding carboxylic acids is 1. The Labute approximate surface area is 98.8 Å². The number of hydrogen-bond acceptors (Lipinski definition) is 4. The minimum atomic E-state index is -0.551. The molecule has 0 aliphatic carbocycles. The third-order valence-corrected chi connectivity index (χ3v) is 2.82. The Morgan fingerprint density at radius 3 is 2.87 bits per heavy atom. The van der Waals surface area contributed by atoms with Crippen molar-refractivity contribution in [1.29, 1.82) is 0 Å². The summed E-state index contributed by atoms with van der Waals surface area (Å²) in [5.74, 6) is 0.451. The van der Waals surface area contributed by atoms with Gasteiger partial charge in [-0.1, -0.05) is 0 Å². The molecule has 0 spiro atoms. The lowest BCUT2D eigenvalue weighted by atomic mass is 10.4. The Kier molecular flexibility index (Phi) is 2.25. The molecule has 2 aromatic rings. The van der Waals surface area contributed by atoms with Crippen LogP contribution in [0.2, 0.25) is 0 Å². The van der Waals surface area contributed by atoms with E-state index in [-0.39, 0.29) is 5.69 Å². The Bertz CT molecular complexity index is 562. The van der Waals surface area contributed by atoms with Gasteiger partial charge in [0.05, 0.1) is 6.20 Å². The SMILES string of the molecule is Cc1nc(I)c2c(N)ncc(C(N)=O)n12. The third-order valence-electron chi connectivity index (χ3n) is 2.06. The average molecular weight is 317 g/mol. The highest BCUT2D eigenvalue weighted by molar-refractivity contribution is 14.1. The molecule has 0 fully saturated rings. The van der Waals surface area contributed by atoms with Crippen molar-refractivity contribution < 1.29 is 4.79 Å². The fraction of sp³-hybridized carbons (Fsp3) is 0.125. The molecule has 78 valence electrons. The first-order chi connectivity index (χ1) is 7.02. The van der Waals surface area contributed by atoms with Crippen molar-refractivity contribution >= 4 is 39.8 Å². The van der Waals surface area contributed by atoms with Crippen LogP contribution in [0.1, 0.15) is 16.3 Å². The molecule has 6 nitrogen and oxygen atoms in total. The van der Waals surface area contributed by atoms with Crippen molar-refractivity contribution in [3.8, 4) is 0 Å². The van der Waals surface area contributed by atoms with Crippen LogP contribution >= 0.6 is 22.6 Å². The first-order valence-corrected chi connectivity index (χ1v) is 5.19. The van der Waals surface area contributed by atoms with Crippen LogP contribution in [0.25, 0.3) is 5.52 Å². The number of anilines is 1. The summed E-state index contributed by atoms with van der Waals surface area (Å²) >= 11 is 2.04. The average Bonchev–Trinajstić information content (AvgIpc) is 2.43. The van der Waals surface area contributed by atoms with Gasteiger partial charge >= 0.3 is 0 Å². The molecule has 0 aliphatic heterocycles. The summed E-state index contributed by atoms with van der Waals surface area (Å²) < 4.78 is 2.32. The largest absolute Gasteiger partial charge is 0.382 e. The molecule has 0 unspecified atom stereocenters. The number of amides is 1. The van der Waals surface area contributed by atoms with E-state index in [1.165, 1.54) is 6.20 Å². The molecule has 0 saturated heterocycles. The summed E-state index contributed by atoms with van der Waals surface area (Å²) in [6.07, 6.45) is 1.36. The Morgan fingerprint density at radius 2 is 2.27 bits per heavy atom. The number of primary amides is 1. The monoisotopic (exact) mass is 317 g/mol. The normalized spacial score (nSPS) is 10.8. The topological polar surface area (TPSA) is 99.3 Å². The highest BCUT2D eigenvalue weighted by Crippen LogP contribution is 2.21. The van der Waals surface area contributed by atoms with E-state index in [2.05, 4.69) is 9.97 Å². The van der Waals surface area contributed by atoms with E-state index in [0.29, 0.717) is 20.9 Å². The summed E-state index contributed by atoms with van der Waals surface area (Å²) in [6, 6.07) is 0. The van der Waals surface area contributed by atoms with E-state index >= 15 is 0 Å². The zero-order chi connectivity index (χ0) is 11.2. The Balaban J connectivity index is 2.98. The van der Waals surface area contributed by atoms with Gasteiger partial charge in [0.2, 0.25) is 0 Å². The lowest BCUT2D eigenvalue weighted by Crippen LogP contribution is -2.17. The van der Waals surface area contributed by atoms with Gasteiger partial charge in [0, 0.05) is 0 Å². The van der Waals surface area contributed by atoms with Gasteiger partial charge in [-0.15, -0.1) is 0 Å². The van der Waals surface area contributed by atoms with Gasteiger partial charge in [0.25, 0.3) is 5.91 Å². The predicted molar refractivity (Wildman–Crippen MR) is 63.4 cm³/mol. The van der Waals surface area contributed by atoms with E-state index in [1.54, 1.807) is 11.3 Å². The maximum absolute atomic E-state index is 11.2. The number of carbonyl (C=O) groups is 1. The minimum absolute atomic E-state index is 0.284. The van der Waals surface area contributed by atoms with Crippen LogP contribution < -0.4 is 11.5 Å².